The molecule has 50 heavy (non-hydrogen) atoms. The summed E-state index contributed by atoms with van der Waals surface area (Å²) in [5.74, 6) is -5.50. The normalized spacial score (nSPS) is 29.6. The maximum absolute atomic E-state index is 14.1. The summed E-state index contributed by atoms with van der Waals surface area (Å²) in [6, 6.07) is 4.44. The lowest BCUT2D eigenvalue weighted by Gasteiger charge is -2.40. The molecule has 2 aromatic carbocycles. The molecule has 272 valence electrons. The van der Waals surface area contributed by atoms with E-state index in [4.69, 9.17) is 37.6 Å². The third-order valence-electron chi connectivity index (χ3n) is 8.12. The van der Waals surface area contributed by atoms with Crippen LogP contribution >= 0.6 is 0 Å². The van der Waals surface area contributed by atoms with Gasteiger partial charge in [-0.25, -0.2) is 0 Å². The number of benzene rings is 2. The highest BCUT2D eigenvalue weighted by Crippen LogP contribution is 2.46. The predicted octanol–water partition coefficient (Wildman–Crippen LogP) is 0.140. The molecule has 10 atom stereocenters. The maximum atomic E-state index is 14.1. The number of rotatable bonds is 8. The molecule has 1 aromatic heterocycles. The number of phenolic OH excluding ortho intramolecular Hbond substituents is 3. The molecule has 0 saturated carbocycles. The van der Waals surface area contributed by atoms with E-state index in [0.717, 1.165) is 39.2 Å². The molecule has 18 nitrogen and oxygen atoms in total. The maximum Gasteiger partial charge on any atom is 0.303 e. The third-order valence-corrected chi connectivity index (χ3v) is 8.12. The average Bonchev–Trinajstić information content (AvgIpc) is 3.04. The van der Waals surface area contributed by atoms with Gasteiger partial charge in [0.25, 0.3) is 0 Å². The Labute approximate surface area is 282 Å². The Kier molecular flexibility index (Phi) is 10.3. The van der Waals surface area contributed by atoms with Gasteiger partial charge >= 0.3 is 11.9 Å². The average molecular weight is 709 g/mol. The molecule has 0 aliphatic carbocycles. The highest BCUT2D eigenvalue weighted by atomic mass is 16.7. The number of phenols is 3. The molecule has 0 bridgehead atoms. The molecular formula is C32H36O18. The van der Waals surface area contributed by atoms with Crippen molar-refractivity contribution in [3.8, 4) is 45.8 Å². The summed E-state index contributed by atoms with van der Waals surface area (Å²) in [5.41, 5.74) is -1.50. The second-order valence-electron chi connectivity index (χ2n) is 11.7. The van der Waals surface area contributed by atoms with E-state index >= 15 is 0 Å². The fourth-order valence-electron chi connectivity index (χ4n) is 5.64. The smallest absolute Gasteiger partial charge is 0.303 e. The molecule has 2 fully saturated rings. The van der Waals surface area contributed by atoms with Crippen molar-refractivity contribution in [2.24, 2.45) is 0 Å². The third kappa shape index (κ3) is 6.80. The van der Waals surface area contributed by atoms with Crippen LogP contribution in [0.4, 0.5) is 0 Å². The van der Waals surface area contributed by atoms with Gasteiger partial charge in [0, 0.05) is 25.5 Å². The second kappa shape index (κ2) is 14.2. The van der Waals surface area contributed by atoms with Crippen LogP contribution in [0.5, 0.6) is 34.5 Å². The molecule has 7 N–H and O–H groups in total. The Bertz CT molecular complexity index is 1820. The van der Waals surface area contributed by atoms with Crippen molar-refractivity contribution >= 4 is 22.9 Å². The topological polar surface area (TPSA) is 271 Å². The lowest BCUT2D eigenvalue weighted by molar-refractivity contribution is -0.273. The van der Waals surface area contributed by atoms with Gasteiger partial charge < -0.3 is 73.3 Å². The van der Waals surface area contributed by atoms with Gasteiger partial charge in [0.2, 0.25) is 29.5 Å². The van der Waals surface area contributed by atoms with Crippen LogP contribution in [0.3, 0.4) is 0 Å². The Morgan fingerprint density at radius 2 is 1.36 bits per heavy atom. The van der Waals surface area contributed by atoms with Crippen molar-refractivity contribution in [1.82, 2.24) is 0 Å². The highest BCUT2D eigenvalue weighted by molar-refractivity contribution is 5.91. The van der Waals surface area contributed by atoms with Crippen LogP contribution in [0.2, 0.25) is 0 Å². The first-order chi connectivity index (χ1) is 23.5. The van der Waals surface area contributed by atoms with Crippen molar-refractivity contribution in [1.29, 1.82) is 0 Å². The monoisotopic (exact) mass is 708 g/mol. The second-order valence-corrected chi connectivity index (χ2v) is 11.7. The van der Waals surface area contributed by atoms with E-state index in [9.17, 15) is 50.1 Å². The zero-order valence-corrected chi connectivity index (χ0v) is 27.2. The van der Waals surface area contributed by atoms with Gasteiger partial charge in [-0.2, -0.15) is 0 Å². The van der Waals surface area contributed by atoms with Crippen molar-refractivity contribution < 1.29 is 82.9 Å². The number of ether oxygens (including phenoxy) is 7. The summed E-state index contributed by atoms with van der Waals surface area (Å²) in [5, 5.41) is 73.4. The van der Waals surface area contributed by atoms with Crippen LogP contribution in [0.15, 0.2) is 33.5 Å². The van der Waals surface area contributed by atoms with Gasteiger partial charge in [-0.1, -0.05) is 0 Å². The molecule has 5 rings (SSSR count). The van der Waals surface area contributed by atoms with E-state index in [2.05, 4.69) is 0 Å². The lowest BCUT2D eigenvalue weighted by atomic mass is 9.99. The summed E-state index contributed by atoms with van der Waals surface area (Å²) in [6.45, 7) is 5.00. The van der Waals surface area contributed by atoms with Crippen molar-refractivity contribution in [2.45, 2.75) is 89.1 Å². The summed E-state index contributed by atoms with van der Waals surface area (Å²) in [6.07, 6.45) is -15.0. The number of methoxy groups -OCH3 is 1. The van der Waals surface area contributed by atoms with Crippen LogP contribution in [0.25, 0.3) is 22.3 Å². The fraction of sp³-hybridized carbons (Fsp3) is 0.469. The highest BCUT2D eigenvalue weighted by Gasteiger charge is 2.48. The largest absolute Gasteiger partial charge is 0.504 e. The molecule has 0 amide bonds. The fourth-order valence-corrected chi connectivity index (χ4v) is 5.64. The summed E-state index contributed by atoms with van der Waals surface area (Å²) < 4.78 is 44.5. The summed E-state index contributed by atoms with van der Waals surface area (Å²) in [4.78, 5) is 37.5. The van der Waals surface area contributed by atoms with E-state index in [1.54, 1.807) is 0 Å². The molecule has 2 aliphatic rings. The molecule has 4 unspecified atom stereocenters. The van der Waals surface area contributed by atoms with Crippen LogP contribution in [0.1, 0.15) is 27.7 Å². The molecule has 2 aliphatic heterocycles. The van der Waals surface area contributed by atoms with Gasteiger partial charge in [-0.15, -0.1) is 0 Å². The quantitative estimate of drug-likeness (QED) is 0.121. The van der Waals surface area contributed by atoms with Gasteiger partial charge in [-0.3, -0.25) is 14.4 Å². The number of aromatic hydroxyl groups is 3. The number of hydrogen-bond donors (Lipinski definition) is 7. The number of aliphatic hydroxyl groups excluding tert-OH is 4. The van der Waals surface area contributed by atoms with Crippen LogP contribution in [-0.2, 0) is 28.5 Å². The predicted molar refractivity (Wildman–Crippen MR) is 165 cm³/mol. The Balaban J connectivity index is 1.65. The lowest BCUT2D eigenvalue weighted by Crippen LogP contribution is -2.59. The Hall–Kier alpha value is -4.85. The molecular weight excluding hydrogens is 672 g/mol. The minimum Gasteiger partial charge on any atom is -0.504 e. The first-order valence-electron chi connectivity index (χ1n) is 15.2. The molecule has 18 heteroatoms. The van der Waals surface area contributed by atoms with Crippen molar-refractivity contribution in [2.75, 3.05) is 7.11 Å². The van der Waals surface area contributed by atoms with E-state index < -0.39 is 119 Å². The zero-order chi connectivity index (χ0) is 36.8. The number of fused-ring (bicyclic) bond motifs is 1. The SMILES string of the molecule is COc1c(O[C@@H]2OC(C)[C@H](O)[C@H](O)C2OC(C)=O)cc2oc(-c3ccc(O)c(O)c3)c(O[C@@H]3OC(C)[C@H](OC(C)=O)C(O)[C@@H]3O)c(=O)c2c1O. The van der Waals surface area contributed by atoms with E-state index in [1.807, 2.05) is 0 Å². The van der Waals surface area contributed by atoms with Crippen molar-refractivity contribution in [3.05, 3.63) is 34.5 Å². The Morgan fingerprint density at radius 3 is 1.98 bits per heavy atom. The standard InChI is InChI=1S/C32H36O18/c1-10-20(37)23(40)30(47-13(4)34)32(44-10)49-18-9-17-19(21(38)28(18)43-5)22(39)29(27(48-17)14-6-7-15(35)16(36)8-14)50-31-25(42)24(41)26(11(2)45-31)46-12(3)33/h6-11,20,23-26,30-32,35-38,40-42H,1-5H3/t10?,11?,20-,23-,24?,25-,26-,30?,31-,32-/m0/s1. The number of aliphatic hydroxyl groups is 4. The van der Waals surface area contributed by atoms with Gasteiger partial charge in [0.1, 0.15) is 35.4 Å². The summed E-state index contributed by atoms with van der Waals surface area (Å²) in [7, 11) is 1.13. The number of esters is 2. The first kappa shape index (κ1) is 36.4. The molecule has 3 aromatic rings. The Morgan fingerprint density at radius 1 is 0.740 bits per heavy atom. The number of carbonyl (C=O) groups excluding carboxylic acids is 2. The minimum absolute atomic E-state index is 0.0553. The van der Waals surface area contributed by atoms with Gasteiger partial charge in [-0.05, 0) is 32.0 Å². The van der Waals surface area contributed by atoms with E-state index in [1.165, 1.54) is 19.9 Å². The molecule has 3 heterocycles. The number of hydrogen-bond acceptors (Lipinski definition) is 18. The van der Waals surface area contributed by atoms with Crippen LogP contribution in [-0.4, -0.2) is 116 Å². The summed E-state index contributed by atoms with van der Waals surface area (Å²) >= 11 is 0. The van der Waals surface area contributed by atoms with E-state index in [0.29, 0.717) is 0 Å². The van der Waals surface area contributed by atoms with Gasteiger partial charge in [0.15, 0.2) is 41.0 Å². The first-order valence-corrected chi connectivity index (χ1v) is 15.2. The van der Waals surface area contributed by atoms with Gasteiger partial charge in [0.05, 0.1) is 19.3 Å². The molecule has 0 radical (unpaired) electrons. The molecule has 0 spiro atoms. The van der Waals surface area contributed by atoms with E-state index in [-0.39, 0.29) is 16.9 Å². The molecule has 2 saturated heterocycles. The van der Waals surface area contributed by atoms with Crippen LogP contribution < -0.4 is 19.6 Å². The number of carbonyl (C=O) groups is 2. The van der Waals surface area contributed by atoms with Crippen LogP contribution in [0, 0.1) is 0 Å². The minimum atomic E-state index is -1.89. The zero-order valence-electron chi connectivity index (χ0n) is 27.2. The van der Waals surface area contributed by atoms with Crippen molar-refractivity contribution in [3.63, 3.8) is 0 Å².